The van der Waals surface area contributed by atoms with Gasteiger partial charge >= 0.3 is 0 Å². The summed E-state index contributed by atoms with van der Waals surface area (Å²) in [6.07, 6.45) is 3.73. The maximum absolute atomic E-state index is 12.4. The number of hydrogen-bond acceptors (Lipinski definition) is 3. The maximum Gasteiger partial charge on any atom is 0.256 e. The molecule has 0 aliphatic rings. The zero-order valence-corrected chi connectivity index (χ0v) is 14.5. The number of methoxy groups -OCH3 is 1. The fourth-order valence-corrected chi connectivity index (χ4v) is 2.26. The van der Waals surface area contributed by atoms with Crippen LogP contribution in [0.25, 0.3) is 0 Å². The number of carbonyl (C=O) groups excluding carboxylic acids is 1. The van der Waals surface area contributed by atoms with Crippen molar-refractivity contribution in [3.8, 4) is 5.75 Å². The van der Waals surface area contributed by atoms with Crippen molar-refractivity contribution in [2.75, 3.05) is 19.0 Å². The van der Waals surface area contributed by atoms with E-state index in [0.29, 0.717) is 6.42 Å². The van der Waals surface area contributed by atoms with Gasteiger partial charge in [0.15, 0.2) is 0 Å². The zero-order chi connectivity index (χ0) is 16.6. The van der Waals surface area contributed by atoms with Crippen LogP contribution >= 0.6 is 0 Å². The highest BCUT2D eigenvalue weighted by Gasteiger charge is 2.32. The number of benzene rings is 1. The van der Waals surface area contributed by atoms with Crippen LogP contribution in [-0.2, 0) is 9.53 Å². The van der Waals surface area contributed by atoms with Crippen LogP contribution in [0.3, 0.4) is 0 Å². The van der Waals surface area contributed by atoms with Crippen molar-refractivity contribution in [1.82, 2.24) is 0 Å². The summed E-state index contributed by atoms with van der Waals surface area (Å²) >= 11 is 0. The highest BCUT2D eigenvalue weighted by atomic mass is 16.5. The number of ether oxygens (including phenoxy) is 2. The molecule has 0 aliphatic carbocycles. The van der Waals surface area contributed by atoms with E-state index in [1.54, 1.807) is 7.11 Å². The molecule has 0 aliphatic heterocycles. The molecule has 0 fully saturated rings. The fraction of sp³-hybridized carbons (Fsp3) is 0.611. The van der Waals surface area contributed by atoms with E-state index in [0.717, 1.165) is 42.9 Å². The van der Waals surface area contributed by atoms with Crippen LogP contribution < -0.4 is 10.1 Å². The van der Waals surface area contributed by atoms with Crippen LogP contribution in [0.5, 0.6) is 5.75 Å². The first-order chi connectivity index (χ1) is 10.5. The first-order valence-electron chi connectivity index (χ1n) is 8.07. The van der Waals surface area contributed by atoms with Crippen LogP contribution in [0.15, 0.2) is 18.2 Å². The number of anilines is 1. The Labute approximate surface area is 134 Å². The second kappa shape index (κ2) is 8.79. The van der Waals surface area contributed by atoms with Crippen molar-refractivity contribution < 1.29 is 14.3 Å². The number of amides is 1. The lowest BCUT2D eigenvalue weighted by Crippen LogP contribution is -2.41. The molecular weight excluding hydrogens is 278 g/mol. The summed E-state index contributed by atoms with van der Waals surface area (Å²) in [6.45, 7) is 8.70. The standard InChI is InChI=1S/C18H29NO3/c1-6-8-12-22-16-10-9-15(13-14(16)3)19-17(20)18(4,21-5)11-7-2/h9-10,13H,6-8,11-12H2,1-5H3,(H,19,20)/t18-/m1/s1. The van der Waals surface area contributed by atoms with Gasteiger partial charge in [0.25, 0.3) is 5.91 Å². The summed E-state index contributed by atoms with van der Waals surface area (Å²) in [7, 11) is 1.57. The quantitative estimate of drug-likeness (QED) is 0.691. The fourth-order valence-electron chi connectivity index (χ4n) is 2.26. The molecule has 124 valence electrons. The van der Waals surface area contributed by atoms with E-state index in [-0.39, 0.29) is 5.91 Å². The summed E-state index contributed by atoms with van der Waals surface area (Å²) in [5.41, 5.74) is 0.993. The van der Waals surface area contributed by atoms with Crippen molar-refractivity contribution in [2.45, 2.75) is 59.0 Å². The first-order valence-corrected chi connectivity index (χ1v) is 8.07. The van der Waals surface area contributed by atoms with E-state index in [2.05, 4.69) is 12.2 Å². The molecule has 4 heteroatoms. The average Bonchev–Trinajstić information content (AvgIpc) is 2.49. The third-order valence-corrected chi connectivity index (χ3v) is 3.85. The Hall–Kier alpha value is -1.55. The largest absolute Gasteiger partial charge is 0.493 e. The van der Waals surface area contributed by atoms with Crippen LogP contribution in [0, 0.1) is 6.92 Å². The Bertz CT molecular complexity index is 487. The molecule has 1 N–H and O–H groups in total. The van der Waals surface area contributed by atoms with Gasteiger partial charge in [-0.05, 0) is 50.5 Å². The summed E-state index contributed by atoms with van der Waals surface area (Å²) in [4.78, 5) is 12.4. The lowest BCUT2D eigenvalue weighted by atomic mass is 9.99. The molecule has 1 aromatic rings. The lowest BCUT2D eigenvalue weighted by Gasteiger charge is -2.26. The summed E-state index contributed by atoms with van der Waals surface area (Å²) in [6, 6.07) is 5.71. The predicted molar refractivity (Wildman–Crippen MR) is 90.5 cm³/mol. The Morgan fingerprint density at radius 3 is 2.55 bits per heavy atom. The molecule has 0 spiro atoms. The van der Waals surface area contributed by atoms with Gasteiger partial charge in [-0.15, -0.1) is 0 Å². The first kappa shape index (κ1) is 18.5. The van der Waals surface area contributed by atoms with Crippen molar-refractivity contribution >= 4 is 11.6 Å². The molecule has 1 rings (SSSR count). The Kier molecular flexibility index (Phi) is 7.39. The van der Waals surface area contributed by atoms with E-state index in [1.807, 2.05) is 39.0 Å². The lowest BCUT2D eigenvalue weighted by molar-refractivity contribution is -0.136. The van der Waals surface area contributed by atoms with E-state index >= 15 is 0 Å². The number of carbonyl (C=O) groups is 1. The van der Waals surface area contributed by atoms with Crippen molar-refractivity contribution in [3.63, 3.8) is 0 Å². The average molecular weight is 307 g/mol. The van der Waals surface area contributed by atoms with Gasteiger partial charge < -0.3 is 14.8 Å². The molecule has 0 radical (unpaired) electrons. The minimum atomic E-state index is -0.793. The van der Waals surface area contributed by atoms with E-state index in [4.69, 9.17) is 9.47 Å². The highest BCUT2D eigenvalue weighted by Crippen LogP contribution is 2.24. The van der Waals surface area contributed by atoms with Crippen molar-refractivity contribution in [1.29, 1.82) is 0 Å². The molecule has 0 aromatic heterocycles. The second-order valence-electron chi connectivity index (χ2n) is 5.82. The van der Waals surface area contributed by atoms with Crippen LogP contribution in [0.2, 0.25) is 0 Å². The number of hydrogen-bond donors (Lipinski definition) is 1. The van der Waals surface area contributed by atoms with Crippen LogP contribution in [0.1, 0.15) is 52.0 Å². The Balaban J connectivity index is 2.74. The van der Waals surface area contributed by atoms with Gasteiger partial charge in [-0.25, -0.2) is 0 Å². The van der Waals surface area contributed by atoms with Gasteiger partial charge in [-0.1, -0.05) is 26.7 Å². The van der Waals surface area contributed by atoms with Gasteiger partial charge in [0.1, 0.15) is 11.4 Å². The summed E-state index contributed by atoms with van der Waals surface area (Å²) in [5, 5.41) is 2.93. The normalized spacial score (nSPS) is 13.5. The van der Waals surface area contributed by atoms with Crippen molar-refractivity contribution in [2.24, 2.45) is 0 Å². The SMILES string of the molecule is CCCCOc1ccc(NC(=O)[C@@](C)(CCC)OC)cc1C. The van der Waals surface area contributed by atoms with E-state index < -0.39 is 5.60 Å². The number of unbranched alkanes of at least 4 members (excludes halogenated alkanes) is 1. The molecule has 0 saturated carbocycles. The number of aryl methyl sites for hydroxylation is 1. The number of nitrogens with one attached hydrogen (secondary N) is 1. The molecule has 0 saturated heterocycles. The monoisotopic (exact) mass is 307 g/mol. The number of rotatable bonds is 9. The molecule has 0 bridgehead atoms. The van der Waals surface area contributed by atoms with Gasteiger partial charge in [-0.3, -0.25) is 4.79 Å². The second-order valence-corrected chi connectivity index (χ2v) is 5.82. The van der Waals surface area contributed by atoms with Gasteiger partial charge in [-0.2, -0.15) is 0 Å². The van der Waals surface area contributed by atoms with E-state index in [1.165, 1.54) is 0 Å². The van der Waals surface area contributed by atoms with Crippen LogP contribution in [0.4, 0.5) is 5.69 Å². The summed E-state index contributed by atoms with van der Waals surface area (Å²) < 4.78 is 11.1. The molecule has 1 atom stereocenters. The Morgan fingerprint density at radius 2 is 2.00 bits per heavy atom. The topological polar surface area (TPSA) is 47.6 Å². The smallest absolute Gasteiger partial charge is 0.256 e. The van der Waals surface area contributed by atoms with E-state index in [9.17, 15) is 4.79 Å². The predicted octanol–water partition coefficient (Wildman–Crippen LogP) is 4.32. The maximum atomic E-state index is 12.4. The van der Waals surface area contributed by atoms with Gasteiger partial charge in [0.2, 0.25) is 0 Å². The molecule has 1 aromatic carbocycles. The Morgan fingerprint density at radius 1 is 1.27 bits per heavy atom. The molecule has 4 nitrogen and oxygen atoms in total. The minimum Gasteiger partial charge on any atom is -0.493 e. The summed E-state index contributed by atoms with van der Waals surface area (Å²) in [5.74, 6) is 0.755. The molecule has 1 amide bonds. The highest BCUT2D eigenvalue weighted by molar-refractivity contribution is 5.97. The molecule has 22 heavy (non-hydrogen) atoms. The zero-order valence-electron chi connectivity index (χ0n) is 14.5. The molecular formula is C18H29NO3. The molecule has 0 unspecified atom stereocenters. The minimum absolute atomic E-state index is 0.115. The van der Waals surface area contributed by atoms with Gasteiger partial charge in [0.05, 0.1) is 6.61 Å². The third kappa shape index (κ3) is 5.02. The van der Waals surface area contributed by atoms with Crippen LogP contribution in [-0.4, -0.2) is 25.2 Å². The molecule has 0 heterocycles. The van der Waals surface area contributed by atoms with Gasteiger partial charge in [0, 0.05) is 12.8 Å². The third-order valence-electron chi connectivity index (χ3n) is 3.85. The van der Waals surface area contributed by atoms with Crippen molar-refractivity contribution in [3.05, 3.63) is 23.8 Å².